The van der Waals surface area contributed by atoms with Gasteiger partial charge in [0, 0.05) is 19.2 Å². The number of rotatable bonds is 3. The third kappa shape index (κ3) is 1.98. The fraction of sp³-hybridized carbons (Fsp3) is 0.357. The van der Waals surface area contributed by atoms with Crippen LogP contribution in [0.1, 0.15) is 23.7 Å². The van der Waals surface area contributed by atoms with Crippen molar-refractivity contribution in [3.8, 4) is 0 Å². The van der Waals surface area contributed by atoms with Crippen LogP contribution in [0.5, 0.6) is 0 Å². The molecule has 0 radical (unpaired) electrons. The van der Waals surface area contributed by atoms with Crippen molar-refractivity contribution < 1.29 is 9.90 Å². The van der Waals surface area contributed by atoms with E-state index in [9.17, 15) is 4.79 Å². The molecular weight excluding hydrogens is 256 g/mol. The topological polar surface area (TPSA) is 71.2 Å². The highest BCUT2D eigenvalue weighted by atomic mass is 16.3. The van der Waals surface area contributed by atoms with Crippen molar-refractivity contribution in [2.24, 2.45) is 0 Å². The first-order valence-corrected chi connectivity index (χ1v) is 6.56. The van der Waals surface area contributed by atoms with Crippen LogP contribution in [0.2, 0.25) is 0 Å². The third-order valence-electron chi connectivity index (χ3n) is 3.70. The van der Waals surface area contributed by atoms with Gasteiger partial charge in [-0.3, -0.25) is 4.79 Å². The van der Waals surface area contributed by atoms with Crippen molar-refractivity contribution in [2.75, 3.05) is 18.6 Å². The monoisotopic (exact) mass is 272 g/mol. The molecule has 20 heavy (non-hydrogen) atoms. The molecule has 0 fully saturated rings. The van der Waals surface area contributed by atoms with E-state index in [4.69, 9.17) is 5.11 Å². The smallest absolute Gasteiger partial charge is 0.227 e. The van der Waals surface area contributed by atoms with E-state index in [0.717, 1.165) is 17.1 Å². The Morgan fingerprint density at radius 1 is 1.40 bits per heavy atom. The van der Waals surface area contributed by atoms with E-state index in [0.29, 0.717) is 13.0 Å². The first kappa shape index (κ1) is 12.8. The summed E-state index contributed by atoms with van der Waals surface area (Å²) >= 11 is 0. The summed E-state index contributed by atoms with van der Waals surface area (Å²) in [6.45, 7) is 0.386. The first-order valence-electron chi connectivity index (χ1n) is 6.56. The maximum absolute atomic E-state index is 12.2. The van der Waals surface area contributed by atoms with Crippen LogP contribution in [0.4, 0.5) is 5.69 Å². The SMILES string of the molecule is CN1C(=O)CC(c2ncnn2CCO)c2ccccc21. The van der Waals surface area contributed by atoms with Gasteiger partial charge in [0.15, 0.2) is 0 Å². The number of fused-ring (bicyclic) bond motifs is 1. The van der Waals surface area contributed by atoms with Crippen LogP contribution in [0, 0.1) is 0 Å². The lowest BCUT2D eigenvalue weighted by atomic mass is 9.89. The maximum Gasteiger partial charge on any atom is 0.227 e. The molecule has 6 heteroatoms. The number of hydrogen-bond donors (Lipinski definition) is 1. The van der Waals surface area contributed by atoms with Gasteiger partial charge >= 0.3 is 0 Å². The van der Waals surface area contributed by atoms with E-state index in [1.165, 1.54) is 6.33 Å². The average molecular weight is 272 g/mol. The lowest BCUT2D eigenvalue weighted by Gasteiger charge is -2.31. The molecule has 1 aliphatic rings. The molecule has 0 bridgehead atoms. The van der Waals surface area contributed by atoms with Gasteiger partial charge in [-0.1, -0.05) is 18.2 Å². The number of para-hydroxylation sites is 1. The number of carbonyl (C=O) groups is 1. The zero-order valence-electron chi connectivity index (χ0n) is 11.2. The van der Waals surface area contributed by atoms with Crippen molar-refractivity contribution in [3.63, 3.8) is 0 Å². The van der Waals surface area contributed by atoms with Gasteiger partial charge in [0.05, 0.1) is 19.1 Å². The van der Waals surface area contributed by atoms with Crippen molar-refractivity contribution in [3.05, 3.63) is 42.0 Å². The molecule has 1 unspecified atom stereocenters. The van der Waals surface area contributed by atoms with Crippen LogP contribution < -0.4 is 4.90 Å². The van der Waals surface area contributed by atoms with Gasteiger partial charge in [-0.2, -0.15) is 5.10 Å². The lowest BCUT2D eigenvalue weighted by Crippen LogP contribution is -2.34. The van der Waals surface area contributed by atoms with Crippen molar-refractivity contribution in [1.29, 1.82) is 0 Å². The number of amides is 1. The number of aromatic nitrogens is 3. The van der Waals surface area contributed by atoms with Crippen LogP contribution in [-0.2, 0) is 11.3 Å². The van der Waals surface area contributed by atoms with Crippen LogP contribution in [-0.4, -0.2) is 39.4 Å². The molecule has 0 saturated carbocycles. The molecule has 2 heterocycles. The molecule has 1 aromatic carbocycles. The van der Waals surface area contributed by atoms with Gasteiger partial charge in [-0.05, 0) is 11.6 Å². The predicted octanol–water partition coefficient (Wildman–Crippen LogP) is 0.769. The standard InChI is InChI=1S/C14H16N4O2/c1-17-12-5-3-2-4-10(12)11(8-13(17)20)14-15-9-16-18(14)6-7-19/h2-5,9,11,19H,6-8H2,1H3. The molecule has 0 aliphatic carbocycles. The summed E-state index contributed by atoms with van der Waals surface area (Å²) in [6.07, 6.45) is 1.84. The van der Waals surface area contributed by atoms with E-state index in [-0.39, 0.29) is 18.4 Å². The second-order valence-electron chi connectivity index (χ2n) is 4.83. The molecule has 1 atom stereocenters. The van der Waals surface area contributed by atoms with Crippen LogP contribution in [0.15, 0.2) is 30.6 Å². The molecule has 1 aromatic heterocycles. The zero-order chi connectivity index (χ0) is 14.1. The minimum absolute atomic E-state index is 0.00141. The Kier molecular flexibility index (Phi) is 3.23. The summed E-state index contributed by atoms with van der Waals surface area (Å²) in [7, 11) is 1.79. The largest absolute Gasteiger partial charge is 0.394 e. The normalized spacial score (nSPS) is 18.2. The fourth-order valence-electron chi connectivity index (χ4n) is 2.68. The number of anilines is 1. The summed E-state index contributed by atoms with van der Waals surface area (Å²) in [5.74, 6) is 0.684. The molecule has 0 spiro atoms. The number of carbonyl (C=O) groups excluding carboxylic acids is 1. The molecular formula is C14H16N4O2. The summed E-state index contributed by atoms with van der Waals surface area (Å²) in [4.78, 5) is 18.1. The average Bonchev–Trinajstić information content (AvgIpc) is 2.91. The van der Waals surface area contributed by atoms with Crippen molar-refractivity contribution in [2.45, 2.75) is 18.9 Å². The minimum Gasteiger partial charge on any atom is -0.394 e. The van der Waals surface area contributed by atoms with E-state index in [1.54, 1.807) is 16.6 Å². The molecule has 1 N–H and O–H groups in total. The fourth-order valence-corrected chi connectivity index (χ4v) is 2.68. The Morgan fingerprint density at radius 3 is 3.00 bits per heavy atom. The predicted molar refractivity (Wildman–Crippen MR) is 73.4 cm³/mol. The molecule has 0 saturated heterocycles. The Morgan fingerprint density at radius 2 is 2.20 bits per heavy atom. The Labute approximate surface area is 116 Å². The quantitative estimate of drug-likeness (QED) is 0.896. The Balaban J connectivity index is 2.08. The first-order chi connectivity index (χ1) is 9.72. The zero-order valence-corrected chi connectivity index (χ0v) is 11.2. The number of benzene rings is 1. The van der Waals surface area contributed by atoms with Gasteiger partial charge < -0.3 is 10.0 Å². The summed E-state index contributed by atoms with van der Waals surface area (Å²) < 4.78 is 1.67. The highest BCUT2D eigenvalue weighted by Crippen LogP contribution is 2.38. The summed E-state index contributed by atoms with van der Waals surface area (Å²) in [6, 6.07) is 7.83. The van der Waals surface area contributed by atoms with E-state index >= 15 is 0 Å². The van der Waals surface area contributed by atoms with Gasteiger partial charge in [-0.15, -0.1) is 0 Å². The summed E-state index contributed by atoms with van der Waals surface area (Å²) in [5, 5.41) is 13.2. The lowest BCUT2D eigenvalue weighted by molar-refractivity contribution is -0.118. The van der Waals surface area contributed by atoms with E-state index in [1.807, 2.05) is 24.3 Å². The van der Waals surface area contributed by atoms with Gasteiger partial charge in [0.2, 0.25) is 5.91 Å². The van der Waals surface area contributed by atoms with Gasteiger partial charge in [-0.25, -0.2) is 9.67 Å². The molecule has 3 rings (SSSR count). The van der Waals surface area contributed by atoms with Crippen LogP contribution in [0.25, 0.3) is 0 Å². The second kappa shape index (κ2) is 5.05. The highest BCUT2D eigenvalue weighted by molar-refractivity contribution is 5.97. The van der Waals surface area contributed by atoms with Crippen LogP contribution in [0.3, 0.4) is 0 Å². The summed E-state index contributed by atoms with van der Waals surface area (Å²) in [5.41, 5.74) is 1.98. The molecule has 6 nitrogen and oxygen atoms in total. The second-order valence-corrected chi connectivity index (χ2v) is 4.83. The number of aliphatic hydroxyl groups is 1. The molecule has 1 aliphatic heterocycles. The molecule has 1 amide bonds. The Hall–Kier alpha value is -2.21. The molecule has 2 aromatic rings. The minimum atomic E-state index is -0.107. The van der Waals surface area contributed by atoms with Crippen molar-refractivity contribution >= 4 is 11.6 Å². The van der Waals surface area contributed by atoms with Gasteiger partial charge in [0.25, 0.3) is 0 Å². The number of nitrogens with zero attached hydrogens (tertiary/aromatic N) is 4. The van der Waals surface area contributed by atoms with Crippen LogP contribution >= 0.6 is 0 Å². The number of hydrogen-bond acceptors (Lipinski definition) is 4. The van der Waals surface area contributed by atoms with Crippen molar-refractivity contribution in [1.82, 2.24) is 14.8 Å². The highest BCUT2D eigenvalue weighted by Gasteiger charge is 2.32. The van der Waals surface area contributed by atoms with Gasteiger partial charge in [0.1, 0.15) is 12.2 Å². The number of aliphatic hydroxyl groups excluding tert-OH is 1. The maximum atomic E-state index is 12.2. The molecule has 104 valence electrons. The van der Waals surface area contributed by atoms with E-state index < -0.39 is 0 Å². The third-order valence-corrected chi connectivity index (χ3v) is 3.70. The van der Waals surface area contributed by atoms with E-state index in [2.05, 4.69) is 10.1 Å². The Bertz CT molecular complexity index is 638.